The molecule has 0 bridgehead atoms. The quantitative estimate of drug-likeness (QED) is 0.791. The fourth-order valence-electron chi connectivity index (χ4n) is 2.49. The van der Waals surface area contributed by atoms with E-state index in [0.29, 0.717) is 11.5 Å². The van der Waals surface area contributed by atoms with Crippen molar-refractivity contribution in [2.45, 2.75) is 30.7 Å². The van der Waals surface area contributed by atoms with Crippen LogP contribution >= 0.6 is 11.8 Å². The molecule has 6 heteroatoms. The van der Waals surface area contributed by atoms with Gasteiger partial charge in [0.25, 0.3) is 0 Å². The Morgan fingerprint density at radius 1 is 1.09 bits per heavy atom. The summed E-state index contributed by atoms with van der Waals surface area (Å²) < 4.78 is 5.80. The lowest BCUT2D eigenvalue weighted by molar-refractivity contribution is -0.0786. The second kappa shape index (κ2) is 6.88. The third kappa shape index (κ3) is 3.67. The number of aryl methyl sites for hydroxylation is 1. The van der Waals surface area contributed by atoms with Gasteiger partial charge in [0.15, 0.2) is 5.44 Å². The minimum Gasteiger partial charge on any atom is -0.477 e. The standard InChI is InChI=1S/C17H19NO4S/c1-10-7-12(5-6-18-10)11-3-2-4-13(8-11)22-17-16(21)15(20)14(19)9-23-17/h2-8,14-17,19-21H,9H2,1H3/t14-,15+,16-,17+/m1/s1. The molecule has 0 spiro atoms. The summed E-state index contributed by atoms with van der Waals surface area (Å²) in [5.74, 6) is 0.934. The highest BCUT2D eigenvalue weighted by atomic mass is 32.2. The Bertz CT molecular complexity index is 681. The van der Waals surface area contributed by atoms with E-state index in [1.165, 1.54) is 11.8 Å². The van der Waals surface area contributed by atoms with Gasteiger partial charge in [-0.3, -0.25) is 4.98 Å². The summed E-state index contributed by atoms with van der Waals surface area (Å²) in [6.07, 6.45) is -1.49. The molecule has 1 saturated heterocycles. The summed E-state index contributed by atoms with van der Waals surface area (Å²) in [7, 11) is 0. The van der Waals surface area contributed by atoms with Crippen LogP contribution < -0.4 is 4.74 Å². The molecular formula is C17H19NO4S. The number of pyridine rings is 1. The van der Waals surface area contributed by atoms with E-state index in [1.807, 2.05) is 43.3 Å². The van der Waals surface area contributed by atoms with Crippen LogP contribution in [0.25, 0.3) is 11.1 Å². The maximum atomic E-state index is 10.0. The average Bonchev–Trinajstić information content (AvgIpc) is 2.56. The molecule has 2 aromatic rings. The number of rotatable bonds is 3. The predicted molar refractivity (Wildman–Crippen MR) is 89.3 cm³/mol. The topological polar surface area (TPSA) is 82.8 Å². The molecule has 3 rings (SSSR count). The predicted octanol–water partition coefficient (Wildman–Crippen LogP) is 1.59. The zero-order chi connectivity index (χ0) is 16.4. The third-order valence-electron chi connectivity index (χ3n) is 3.77. The zero-order valence-corrected chi connectivity index (χ0v) is 13.5. The molecule has 122 valence electrons. The SMILES string of the molecule is Cc1cc(-c2cccc(O[C@H]3SC[C@@H](O)[C@H](O)[C@H]3O)c2)ccn1. The van der Waals surface area contributed by atoms with Gasteiger partial charge in [-0.25, -0.2) is 0 Å². The Balaban J connectivity index is 1.78. The molecule has 1 aromatic heterocycles. The number of nitrogens with zero attached hydrogens (tertiary/aromatic N) is 1. The fourth-order valence-corrected chi connectivity index (χ4v) is 3.61. The third-order valence-corrected chi connectivity index (χ3v) is 5.01. The molecule has 1 aliphatic heterocycles. The minimum atomic E-state index is -1.19. The van der Waals surface area contributed by atoms with Crippen LogP contribution in [0.15, 0.2) is 42.6 Å². The van der Waals surface area contributed by atoms with Gasteiger partial charge in [0.1, 0.15) is 18.0 Å². The second-order valence-corrected chi connectivity index (χ2v) is 6.71. The van der Waals surface area contributed by atoms with Crippen molar-refractivity contribution in [2.24, 2.45) is 0 Å². The smallest absolute Gasteiger partial charge is 0.173 e. The lowest BCUT2D eigenvalue weighted by atomic mass is 10.1. The van der Waals surface area contributed by atoms with Gasteiger partial charge in [0, 0.05) is 17.6 Å². The summed E-state index contributed by atoms with van der Waals surface area (Å²) >= 11 is 1.29. The molecule has 1 aromatic carbocycles. The molecule has 0 unspecified atom stereocenters. The van der Waals surface area contributed by atoms with E-state index < -0.39 is 23.7 Å². The van der Waals surface area contributed by atoms with Gasteiger partial charge in [-0.1, -0.05) is 12.1 Å². The lowest BCUT2D eigenvalue weighted by Crippen LogP contribution is -2.50. The molecule has 4 atom stereocenters. The number of thioether (sulfide) groups is 1. The highest BCUT2D eigenvalue weighted by Gasteiger charge is 2.38. The first kappa shape index (κ1) is 16.3. The van der Waals surface area contributed by atoms with E-state index in [2.05, 4.69) is 4.98 Å². The summed E-state index contributed by atoms with van der Waals surface area (Å²) in [6.45, 7) is 1.94. The van der Waals surface area contributed by atoms with Gasteiger partial charge in [-0.15, -0.1) is 11.8 Å². The van der Waals surface area contributed by atoms with Crippen molar-refractivity contribution >= 4 is 11.8 Å². The largest absolute Gasteiger partial charge is 0.477 e. The Morgan fingerprint density at radius 3 is 2.65 bits per heavy atom. The van der Waals surface area contributed by atoms with Crippen molar-refractivity contribution in [1.29, 1.82) is 0 Å². The first-order valence-electron chi connectivity index (χ1n) is 7.40. The van der Waals surface area contributed by atoms with E-state index in [9.17, 15) is 15.3 Å². The van der Waals surface area contributed by atoms with E-state index in [0.717, 1.165) is 16.8 Å². The Kier molecular flexibility index (Phi) is 4.87. The number of aliphatic hydroxyl groups excluding tert-OH is 3. The second-order valence-electron chi connectivity index (χ2n) is 5.58. The first-order valence-corrected chi connectivity index (χ1v) is 8.45. The van der Waals surface area contributed by atoms with Crippen molar-refractivity contribution < 1.29 is 20.1 Å². The van der Waals surface area contributed by atoms with Gasteiger partial charge in [0.2, 0.25) is 0 Å². The molecule has 0 aliphatic carbocycles. The van der Waals surface area contributed by atoms with Gasteiger partial charge in [0.05, 0.1) is 6.10 Å². The van der Waals surface area contributed by atoms with Crippen LogP contribution in [-0.2, 0) is 0 Å². The van der Waals surface area contributed by atoms with Crippen molar-refractivity contribution in [2.75, 3.05) is 5.75 Å². The van der Waals surface area contributed by atoms with Crippen LogP contribution in [0, 0.1) is 6.92 Å². The molecule has 0 amide bonds. The normalized spacial score (nSPS) is 27.7. The number of benzene rings is 1. The number of hydrogen-bond acceptors (Lipinski definition) is 6. The molecule has 1 aliphatic rings. The number of ether oxygens (including phenoxy) is 1. The molecule has 5 nitrogen and oxygen atoms in total. The van der Waals surface area contributed by atoms with Crippen molar-refractivity contribution in [3.05, 3.63) is 48.3 Å². The van der Waals surface area contributed by atoms with Crippen LogP contribution in [0.5, 0.6) is 5.75 Å². The maximum Gasteiger partial charge on any atom is 0.173 e. The Labute approximate surface area is 139 Å². The number of hydrogen-bond donors (Lipinski definition) is 3. The highest BCUT2D eigenvalue weighted by molar-refractivity contribution is 7.99. The zero-order valence-electron chi connectivity index (χ0n) is 12.7. The van der Waals surface area contributed by atoms with Crippen molar-refractivity contribution in [3.63, 3.8) is 0 Å². The van der Waals surface area contributed by atoms with Gasteiger partial charge in [-0.2, -0.15) is 0 Å². The van der Waals surface area contributed by atoms with Gasteiger partial charge in [-0.05, 0) is 42.3 Å². The number of aromatic nitrogens is 1. The molecule has 0 radical (unpaired) electrons. The molecule has 0 saturated carbocycles. The molecule has 23 heavy (non-hydrogen) atoms. The summed E-state index contributed by atoms with van der Waals surface area (Å²) in [6, 6.07) is 11.5. The van der Waals surface area contributed by atoms with Gasteiger partial charge < -0.3 is 20.1 Å². The van der Waals surface area contributed by atoms with E-state index in [4.69, 9.17) is 4.74 Å². The average molecular weight is 333 g/mol. The van der Waals surface area contributed by atoms with Crippen molar-refractivity contribution in [3.8, 4) is 16.9 Å². The van der Waals surface area contributed by atoms with E-state index >= 15 is 0 Å². The lowest BCUT2D eigenvalue weighted by Gasteiger charge is -2.34. The molecule has 1 fully saturated rings. The first-order chi connectivity index (χ1) is 11.0. The van der Waals surface area contributed by atoms with Crippen LogP contribution in [0.1, 0.15) is 5.69 Å². The Morgan fingerprint density at radius 2 is 1.87 bits per heavy atom. The maximum absolute atomic E-state index is 10.0. The van der Waals surface area contributed by atoms with E-state index in [-0.39, 0.29) is 0 Å². The highest BCUT2D eigenvalue weighted by Crippen LogP contribution is 2.31. The van der Waals surface area contributed by atoms with Crippen LogP contribution in [0.2, 0.25) is 0 Å². The summed E-state index contributed by atoms with van der Waals surface area (Å²) in [5, 5.41) is 29.3. The van der Waals surface area contributed by atoms with E-state index in [1.54, 1.807) is 6.20 Å². The monoisotopic (exact) mass is 333 g/mol. The molecule has 2 heterocycles. The minimum absolute atomic E-state index is 0.326. The molecule has 3 N–H and O–H groups in total. The van der Waals surface area contributed by atoms with Crippen molar-refractivity contribution in [1.82, 2.24) is 4.98 Å². The van der Waals surface area contributed by atoms with Crippen LogP contribution in [0.4, 0.5) is 0 Å². The van der Waals surface area contributed by atoms with Crippen LogP contribution in [-0.4, -0.2) is 49.8 Å². The van der Waals surface area contributed by atoms with Crippen LogP contribution in [0.3, 0.4) is 0 Å². The van der Waals surface area contributed by atoms with Gasteiger partial charge >= 0.3 is 0 Å². The number of aliphatic hydroxyl groups is 3. The Hall–Kier alpha value is -1.60. The molecular weight excluding hydrogens is 314 g/mol. The fraction of sp³-hybridized carbons (Fsp3) is 0.353. The summed E-state index contributed by atoms with van der Waals surface area (Å²) in [5.41, 5.74) is 2.35. The summed E-state index contributed by atoms with van der Waals surface area (Å²) in [4.78, 5) is 4.19.